The first-order valence-corrected chi connectivity index (χ1v) is 4.34. The summed E-state index contributed by atoms with van der Waals surface area (Å²) in [6, 6.07) is 4.16. The molecule has 0 saturated carbocycles. The number of alkyl halides is 3. The monoisotopic (exact) mass is 202 g/mol. The summed E-state index contributed by atoms with van der Waals surface area (Å²) in [7, 11) is 0. The molecule has 14 heavy (non-hydrogen) atoms. The third kappa shape index (κ3) is 1.30. The number of benzene rings is 1. The lowest BCUT2D eigenvalue weighted by Crippen LogP contribution is -2.25. The van der Waals surface area contributed by atoms with Crippen molar-refractivity contribution in [3.05, 3.63) is 34.9 Å². The van der Waals surface area contributed by atoms with Crippen molar-refractivity contribution in [2.24, 2.45) is 0 Å². The van der Waals surface area contributed by atoms with Crippen LogP contribution in [-0.2, 0) is 12.6 Å². The molecule has 76 valence electrons. The van der Waals surface area contributed by atoms with Crippen molar-refractivity contribution in [3.63, 3.8) is 0 Å². The molecule has 0 radical (unpaired) electrons. The molecule has 4 heteroatoms. The molecule has 0 aromatic heterocycles. The van der Waals surface area contributed by atoms with Crippen LogP contribution < -0.4 is 0 Å². The molecule has 2 rings (SSSR count). The fraction of sp³-hybridized carbons (Fsp3) is 0.400. The van der Waals surface area contributed by atoms with Gasteiger partial charge < -0.3 is 5.11 Å². The zero-order chi connectivity index (χ0) is 10.3. The number of hydrogen-bond acceptors (Lipinski definition) is 1. The number of halogens is 3. The van der Waals surface area contributed by atoms with Crippen LogP contribution in [0.25, 0.3) is 0 Å². The summed E-state index contributed by atoms with van der Waals surface area (Å²) in [5.74, 6) is -0.331. The Labute approximate surface area is 79.2 Å². The Kier molecular flexibility index (Phi) is 2.03. The van der Waals surface area contributed by atoms with Crippen LogP contribution >= 0.6 is 0 Å². The molecule has 0 heterocycles. The molecule has 1 unspecified atom stereocenters. The summed E-state index contributed by atoms with van der Waals surface area (Å²) in [5.41, 5.74) is 0.390. The van der Waals surface area contributed by atoms with Gasteiger partial charge in [0.25, 0.3) is 0 Å². The van der Waals surface area contributed by atoms with E-state index in [2.05, 4.69) is 0 Å². The van der Waals surface area contributed by atoms with Crippen LogP contribution in [0.2, 0.25) is 0 Å². The highest BCUT2D eigenvalue weighted by atomic mass is 19.4. The number of fused-ring (bicyclic) bond motifs is 1. The Morgan fingerprint density at radius 2 is 2.07 bits per heavy atom. The fourth-order valence-corrected chi connectivity index (χ4v) is 1.91. The van der Waals surface area contributed by atoms with Gasteiger partial charge in [0.15, 0.2) is 0 Å². The minimum Gasteiger partial charge on any atom is -0.396 e. The second-order valence-corrected chi connectivity index (χ2v) is 3.46. The van der Waals surface area contributed by atoms with E-state index in [-0.39, 0.29) is 18.1 Å². The van der Waals surface area contributed by atoms with E-state index in [1.807, 2.05) is 0 Å². The molecule has 0 fully saturated rings. The molecule has 1 aliphatic rings. The average molecular weight is 202 g/mol. The molecule has 0 saturated heterocycles. The van der Waals surface area contributed by atoms with Crippen LogP contribution in [0.1, 0.15) is 22.6 Å². The van der Waals surface area contributed by atoms with Gasteiger partial charge >= 0.3 is 6.18 Å². The van der Waals surface area contributed by atoms with Crippen molar-refractivity contribution in [2.45, 2.75) is 18.5 Å². The minimum atomic E-state index is -4.31. The van der Waals surface area contributed by atoms with Crippen LogP contribution in [0.4, 0.5) is 13.2 Å². The lowest BCUT2D eigenvalue weighted by Gasteiger charge is -2.31. The Morgan fingerprint density at radius 3 is 2.64 bits per heavy atom. The van der Waals surface area contributed by atoms with Crippen LogP contribution in [-0.4, -0.2) is 11.7 Å². The maximum atomic E-state index is 12.5. The highest BCUT2D eigenvalue weighted by Crippen LogP contribution is 2.43. The molecule has 1 nitrogen and oxygen atoms in total. The van der Waals surface area contributed by atoms with Gasteiger partial charge in [0, 0.05) is 5.92 Å². The second-order valence-electron chi connectivity index (χ2n) is 3.46. The number of aliphatic hydroxyl groups excluding tert-OH is 1. The van der Waals surface area contributed by atoms with E-state index in [1.54, 1.807) is 6.07 Å². The lowest BCUT2D eigenvalue weighted by atomic mass is 9.75. The fourth-order valence-electron chi connectivity index (χ4n) is 1.91. The maximum Gasteiger partial charge on any atom is 0.416 e. The molecule has 1 aromatic rings. The Bertz CT molecular complexity index is 357. The van der Waals surface area contributed by atoms with E-state index < -0.39 is 11.7 Å². The van der Waals surface area contributed by atoms with Gasteiger partial charge in [-0.3, -0.25) is 0 Å². The van der Waals surface area contributed by atoms with Crippen LogP contribution in [0.5, 0.6) is 0 Å². The molecular weight excluding hydrogens is 193 g/mol. The largest absolute Gasteiger partial charge is 0.416 e. The summed E-state index contributed by atoms with van der Waals surface area (Å²) in [5, 5.41) is 8.86. The number of hydrogen-bond donors (Lipinski definition) is 1. The van der Waals surface area contributed by atoms with Crippen LogP contribution in [0.3, 0.4) is 0 Å². The minimum absolute atomic E-state index is 0.208. The standard InChI is InChI=1S/C10H9F3O/c11-10(12,13)8-3-1-2-6-4-7(5-14)9(6)8/h1-3,7,14H,4-5H2. The number of aliphatic hydroxyl groups is 1. The first-order valence-electron chi connectivity index (χ1n) is 4.34. The van der Waals surface area contributed by atoms with Gasteiger partial charge in [0.2, 0.25) is 0 Å². The molecule has 0 spiro atoms. The van der Waals surface area contributed by atoms with Crippen molar-refractivity contribution < 1.29 is 18.3 Å². The van der Waals surface area contributed by atoms with Crippen molar-refractivity contribution in [3.8, 4) is 0 Å². The van der Waals surface area contributed by atoms with Gasteiger partial charge in [0.05, 0.1) is 12.2 Å². The predicted molar refractivity (Wildman–Crippen MR) is 45.0 cm³/mol. The molecule has 1 aliphatic carbocycles. The highest BCUT2D eigenvalue weighted by molar-refractivity contribution is 5.47. The highest BCUT2D eigenvalue weighted by Gasteiger charge is 2.39. The van der Waals surface area contributed by atoms with E-state index in [0.717, 1.165) is 6.07 Å². The molecule has 0 aliphatic heterocycles. The molecule has 1 atom stereocenters. The molecule has 0 bridgehead atoms. The lowest BCUT2D eigenvalue weighted by molar-refractivity contribution is -0.138. The van der Waals surface area contributed by atoms with E-state index in [9.17, 15) is 13.2 Å². The first-order chi connectivity index (χ1) is 6.54. The zero-order valence-corrected chi connectivity index (χ0v) is 7.30. The zero-order valence-electron chi connectivity index (χ0n) is 7.30. The van der Waals surface area contributed by atoms with Crippen molar-refractivity contribution >= 4 is 0 Å². The maximum absolute atomic E-state index is 12.5. The molecule has 1 N–H and O–H groups in total. The Morgan fingerprint density at radius 1 is 1.36 bits per heavy atom. The van der Waals surface area contributed by atoms with Crippen LogP contribution in [0.15, 0.2) is 18.2 Å². The smallest absolute Gasteiger partial charge is 0.396 e. The summed E-state index contributed by atoms with van der Waals surface area (Å²) in [6.07, 6.45) is -3.76. The summed E-state index contributed by atoms with van der Waals surface area (Å²) >= 11 is 0. The summed E-state index contributed by atoms with van der Waals surface area (Å²) < 4.78 is 37.5. The van der Waals surface area contributed by atoms with Gasteiger partial charge in [0.1, 0.15) is 0 Å². The topological polar surface area (TPSA) is 20.2 Å². The third-order valence-electron chi connectivity index (χ3n) is 2.60. The van der Waals surface area contributed by atoms with Gasteiger partial charge in [-0.25, -0.2) is 0 Å². The van der Waals surface area contributed by atoms with Crippen LogP contribution in [0, 0.1) is 0 Å². The van der Waals surface area contributed by atoms with E-state index in [4.69, 9.17) is 5.11 Å². The Hall–Kier alpha value is -1.03. The summed E-state index contributed by atoms with van der Waals surface area (Å²) in [6.45, 7) is -0.208. The van der Waals surface area contributed by atoms with Gasteiger partial charge in [-0.2, -0.15) is 13.2 Å². The van der Waals surface area contributed by atoms with Crippen molar-refractivity contribution in [1.29, 1.82) is 0 Å². The molecule has 1 aromatic carbocycles. The average Bonchev–Trinajstić information content (AvgIpc) is 2.05. The van der Waals surface area contributed by atoms with Gasteiger partial charge in [-0.15, -0.1) is 0 Å². The SMILES string of the molecule is OCC1Cc2cccc(C(F)(F)F)c21. The van der Waals surface area contributed by atoms with Gasteiger partial charge in [-0.05, 0) is 23.6 Å². The molecular formula is C10H9F3O. The van der Waals surface area contributed by atoms with E-state index >= 15 is 0 Å². The first kappa shape index (κ1) is 9.52. The molecule has 0 amide bonds. The second kappa shape index (κ2) is 2.98. The van der Waals surface area contributed by atoms with Crippen molar-refractivity contribution in [1.82, 2.24) is 0 Å². The van der Waals surface area contributed by atoms with E-state index in [0.29, 0.717) is 12.0 Å². The summed E-state index contributed by atoms with van der Waals surface area (Å²) in [4.78, 5) is 0. The Balaban J connectivity index is 2.48. The third-order valence-corrected chi connectivity index (χ3v) is 2.60. The predicted octanol–water partition coefficient (Wildman–Crippen LogP) is 2.34. The number of rotatable bonds is 1. The van der Waals surface area contributed by atoms with Gasteiger partial charge in [-0.1, -0.05) is 12.1 Å². The quantitative estimate of drug-likeness (QED) is 0.741. The van der Waals surface area contributed by atoms with Crippen molar-refractivity contribution in [2.75, 3.05) is 6.61 Å². The van der Waals surface area contributed by atoms with E-state index in [1.165, 1.54) is 6.07 Å². The normalized spacial score (nSPS) is 20.1.